The van der Waals surface area contributed by atoms with Gasteiger partial charge in [-0.2, -0.15) is 0 Å². The molecule has 0 spiro atoms. The van der Waals surface area contributed by atoms with Crippen molar-refractivity contribution >= 4 is 23.2 Å². The number of hydrogen-bond donors (Lipinski definition) is 1. The van der Waals surface area contributed by atoms with E-state index in [-0.39, 0.29) is 11.8 Å². The predicted octanol–water partition coefficient (Wildman–Crippen LogP) is 4.57. The van der Waals surface area contributed by atoms with Crippen LogP contribution < -0.4 is 15.0 Å². The molecule has 0 bridgehead atoms. The number of carbonyl (C=O) groups is 2. The predicted molar refractivity (Wildman–Crippen MR) is 117 cm³/mol. The van der Waals surface area contributed by atoms with Crippen LogP contribution in [0.25, 0.3) is 0 Å². The molecule has 0 aromatic heterocycles. The number of amides is 2. The van der Waals surface area contributed by atoms with E-state index in [4.69, 9.17) is 4.74 Å². The standard InChI is InChI=1S/C25H24N2O3/c1-18-7-5-10-20(15-18)26-24(28)23-13-14-27(25(23)29)21-11-6-12-22(16-21)30-17-19-8-3-2-4-9-19/h2-12,15-16,23H,13-14,17H2,1H3,(H,26,28). The first-order chi connectivity index (χ1) is 14.6. The lowest BCUT2D eigenvalue weighted by Gasteiger charge is -2.18. The summed E-state index contributed by atoms with van der Waals surface area (Å²) in [6.07, 6.45) is 0.492. The normalized spacial score (nSPS) is 15.8. The van der Waals surface area contributed by atoms with Gasteiger partial charge >= 0.3 is 0 Å². The van der Waals surface area contributed by atoms with Gasteiger partial charge in [-0.1, -0.05) is 48.5 Å². The Morgan fingerprint density at radius 2 is 1.83 bits per heavy atom. The molecule has 5 nitrogen and oxygen atoms in total. The number of carbonyl (C=O) groups excluding carboxylic acids is 2. The first-order valence-corrected chi connectivity index (χ1v) is 10.1. The van der Waals surface area contributed by atoms with Gasteiger partial charge in [-0.05, 0) is 48.7 Å². The van der Waals surface area contributed by atoms with Crippen LogP contribution in [-0.4, -0.2) is 18.4 Å². The maximum atomic E-state index is 12.9. The van der Waals surface area contributed by atoms with E-state index >= 15 is 0 Å². The van der Waals surface area contributed by atoms with E-state index in [1.165, 1.54) is 0 Å². The van der Waals surface area contributed by atoms with Gasteiger partial charge in [0.15, 0.2) is 0 Å². The van der Waals surface area contributed by atoms with E-state index in [0.29, 0.717) is 31.0 Å². The van der Waals surface area contributed by atoms with Gasteiger partial charge in [0.05, 0.1) is 0 Å². The maximum absolute atomic E-state index is 12.9. The van der Waals surface area contributed by atoms with E-state index in [1.807, 2.05) is 85.8 Å². The molecule has 1 aliphatic heterocycles. The van der Waals surface area contributed by atoms with Gasteiger partial charge in [0.2, 0.25) is 11.8 Å². The van der Waals surface area contributed by atoms with Crippen molar-refractivity contribution in [3.05, 3.63) is 90.0 Å². The SMILES string of the molecule is Cc1cccc(NC(=O)C2CCN(c3cccc(OCc4ccccc4)c3)C2=O)c1. The summed E-state index contributed by atoms with van der Waals surface area (Å²) in [5, 5.41) is 2.87. The lowest BCUT2D eigenvalue weighted by molar-refractivity contribution is -0.129. The second-order valence-corrected chi connectivity index (χ2v) is 7.46. The monoisotopic (exact) mass is 400 g/mol. The number of aryl methyl sites for hydroxylation is 1. The maximum Gasteiger partial charge on any atom is 0.239 e. The summed E-state index contributed by atoms with van der Waals surface area (Å²) in [4.78, 5) is 27.2. The number of nitrogens with one attached hydrogen (secondary N) is 1. The largest absolute Gasteiger partial charge is 0.489 e. The van der Waals surface area contributed by atoms with Crippen LogP contribution in [0.1, 0.15) is 17.5 Å². The summed E-state index contributed by atoms with van der Waals surface area (Å²) in [6, 6.07) is 24.9. The molecule has 2 amide bonds. The molecule has 152 valence electrons. The molecule has 30 heavy (non-hydrogen) atoms. The van der Waals surface area contributed by atoms with Crippen molar-refractivity contribution in [2.45, 2.75) is 20.0 Å². The van der Waals surface area contributed by atoms with Crippen molar-refractivity contribution < 1.29 is 14.3 Å². The summed E-state index contributed by atoms with van der Waals surface area (Å²) >= 11 is 0. The lowest BCUT2D eigenvalue weighted by Crippen LogP contribution is -2.33. The minimum atomic E-state index is -0.681. The number of hydrogen-bond acceptors (Lipinski definition) is 3. The van der Waals surface area contributed by atoms with Crippen LogP contribution in [-0.2, 0) is 16.2 Å². The Kier molecular flexibility index (Phi) is 5.80. The molecule has 1 aliphatic rings. The molecular weight excluding hydrogens is 376 g/mol. The van der Waals surface area contributed by atoms with Gasteiger partial charge < -0.3 is 15.0 Å². The van der Waals surface area contributed by atoms with Crippen LogP contribution >= 0.6 is 0 Å². The fourth-order valence-corrected chi connectivity index (χ4v) is 3.61. The fraction of sp³-hybridized carbons (Fsp3) is 0.200. The quantitative estimate of drug-likeness (QED) is 0.617. The smallest absolute Gasteiger partial charge is 0.239 e. The Bertz CT molecular complexity index is 1050. The van der Waals surface area contributed by atoms with Crippen molar-refractivity contribution in [3.8, 4) is 5.75 Å². The van der Waals surface area contributed by atoms with Crippen LogP contribution in [0.4, 0.5) is 11.4 Å². The van der Waals surface area contributed by atoms with Crippen molar-refractivity contribution in [3.63, 3.8) is 0 Å². The Morgan fingerprint density at radius 1 is 1.03 bits per heavy atom. The Balaban J connectivity index is 1.41. The first-order valence-electron chi connectivity index (χ1n) is 10.1. The van der Waals surface area contributed by atoms with E-state index in [0.717, 1.165) is 16.8 Å². The zero-order chi connectivity index (χ0) is 20.9. The molecule has 1 N–H and O–H groups in total. The minimum absolute atomic E-state index is 0.180. The van der Waals surface area contributed by atoms with E-state index < -0.39 is 5.92 Å². The number of ether oxygens (including phenoxy) is 1. The zero-order valence-corrected chi connectivity index (χ0v) is 16.9. The molecule has 0 saturated carbocycles. The topological polar surface area (TPSA) is 58.6 Å². The summed E-state index contributed by atoms with van der Waals surface area (Å²) in [5.74, 6) is -0.429. The van der Waals surface area contributed by atoms with Gasteiger partial charge in [-0.25, -0.2) is 0 Å². The summed E-state index contributed by atoms with van der Waals surface area (Å²) < 4.78 is 5.87. The molecule has 1 fully saturated rings. The highest BCUT2D eigenvalue weighted by Crippen LogP contribution is 2.29. The Labute approximate surface area is 176 Å². The van der Waals surface area contributed by atoms with Crippen LogP contribution in [0.2, 0.25) is 0 Å². The molecule has 0 aliphatic carbocycles. The summed E-state index contributed by atoms with van der Waals surface area (Å²) in [6.45, 7) is 2.93. The third-order valence-corrected chi connectivity index (χ3v) is 5.19. The van der Waals surface area contributed by atoms with Crippen molar-refractivity contribution in [1.29, 1.82) is 0 Å². The van der Waals surface area contributed by atoms with Gasteiger partial charge in [0.1, 0.15) is 18.3 Å². The Morgan fingerprint density at radius 3 is 2.63 bits per heavy atom. The van der Waals surface area contributed by atoms with Gasteiger partial charge in [-0.3, -0.25) is 9.59 Å². The molecule has 1 atom stereocenters. The van der Waals surface area contributed by atoms with Crippen molar-refractivity contribution in [1.82, 2.24) is 0 Å². The molecule has 0 radical (unpaired) electrons. The molecule has 1 saturated heterocycles. The average molecular weight is 400 g/mol. The third-order valence-electron chi connectivity index (χ3n) is 5.19. The fourth-order valence-electron chi connectivity index (χ4n) is 3.61. The van der Waals surface area contributed by atoms with E-state index in [1.54, 1.807) is 4.90 Å². The summed E-state index contributed by atoms with van der Waals surface area (Å²) in [7, 11) is 0. The van der Waals surface area contributed by atoms with Crippen LogP contribution in [0.15, 0.2) is 78.9 Å². The number of nitrogens with zero attached hydrogens (tertiary/aromatic N) is 1. The van der Waals surface area contributed by atoms with E-state index in [2.05, 4.69) is 5.32 Å². The van der Waals surface area contributed by atoms with Crippen molar-refractivity contribution in [2.75, 3.05) is 16.8 Å². The van der Waals surface area contributed by atoms with Gasteiger partial charge in [-0.15, -0.1) is 0 Å². The van der Waals surface area contributed by atoms with Gasteiger partial charge in [0.25, 0.3) is 0 Å². The molecule has 3 aromatic rings. The highest BCUT2D eigenvalue weighted by Gasteiger charge is 2.37. The molecule has 5 heteroatoms. The minimum Gasteiger partial charge on any atom is -0.489 e. The van der Waals surface area contributed by atoms with Crippen LogP contribution in [0, 0.1) is 12.8 Å². The first kappa shape index (κ1) is 19.7. The van der Waals surface area contributed by atoms with Crippen LogP contribution in [0.5, 0.6) is 5.75 Å². The Hall–Kier alpha value is -3.60. The molecule has 4 rings (SSSR count). The second-order valence-electron chi connectivity index (χ2n) is 7.46. The molecule has 1 heterocycles. The number of rotatable bonds is 6. The molecule has 1 unspecified atom stereocenters. The second kappa shape index (κ2) is 8.82. The third kappa shape index (κ3) is 4.51. The van der Waals surface area contributed by atoms with E-state index in [9.17, 15) is 9.59 Å². The highest BCUT2D eigenvalue weighted by molar-refractivity contribution is 6.13. The highest BCUT2D eigenvalue weighted by atomic mass is 16.5. The van der Waals surface area contributed by atoms with Crippen LogP contribution in [0.3, 0.4) is 0 Å². The van der Waals surface area contributed by atoms with Gasteiger partial charge in [0, 0.05) is 24.0 Å². The zero-order valence-electron chi connectivity index (χ0n) is 16.9. The lowest BCUT2D eigenvalue weighted by atomic mass is 10.1. The number of anilines is 2. The number of benzene rings is 3. The average Bonchev–Trinajstić information content (AvgIpc) is 3.15. The molecular formula is C25H24N2O3. The van der Waals surface area contributed by atoms with Crippen molar-refractivity contribution in [2.24, 2.45) is 5.92 Å². The summed E-state index contributed by atoms with van der Waals surface area (Å²) in [5.41, 5.74) is 3.59. The molecule has 3 aromatic carbocycles.